The van der Waals surface area contributed by atoms with Crippen molar-refractivity contribution in [1.82, 2.24) is 9.97 Å². The van der Waals surface area contributed by atoms with Gasteiger partial charge in [0.1, 0.15) is 5.75 Å². The molecule has 1 aliphatic heterocycles. The lowest BCUT2D eigenvalue weighted by Crippen LogP contribution is -2.08. The van der Waals surface area contributed by atoms with Crippen molar-refractivity contribution in [3.8, 4) is 17.0 Å². The summed E-state index contributed by atoms with van der Waals surface area (Å²) in [6, 6.07) is 6.01. The Labute approximate surface area is 92.3 Å². The molecular formula is C12H12N2O2. The first-order valence-corrected chi connectivity index (χ1v) is 5.37. The second-order valence-corrected chi connectivity index (χ2v) is 3.93. The summed E-state index contributed by atoms with van der Waals surface area (Å²) in [7, 11) is 0. The standard InChI is InChI=1S/C12H12N2O2/c15-12-13-7-10(14-12)8-3-4-11-9(6-8)2-1-5-16-11/h3-4,6-7H,1-2,5H2,(H2,13,14,15). The highest BCUT2D eigenvalue weighted by atomic mass is 16.5. The van der Waals surface area contributed by atoms with Crippen LogP contribution in [-0.2, 0) is 6.42 Å². The first kappa shape index (κ1) is 9.27. The molecule has 0 fully saturated rings. The fourth-order valence-corrected chi connectivity index (χ4v) is 2.02. The average Bonchev–Trinajstić information content (AvgIpc) is 2.75. The van der Waals surface area contributed by atoms with Crippen molar-refractivity contribution >= 4 is 0 Å². The zero-order chi connectivity index (χ0) is 11.0. The van der Waals surface area contributed by atoms with Gasteiger partial charge in [0.05, 0.1) is 12.3 Å². The van der Waals surface area contributed by atoms with Gasteiger partial charge in [0.25, 0.3) is 0 Å². The van der Waals surface area contributed by atoms with E-state index in [4.69, 9.17) is 4.74 Å². The van der Waals surface area contributed by atoms with Gasteiger partial charge in [-0.1, -0.05) is 0 Å². The van der Waals surface area contributed by atoms with Crippen LogP contribution in [0.5, 0.6) is 5.75 Å². The number of aryl methyl sites for hydroxylation is 1. The Balaban J connectivity index is 2.06. The van der Waals surface area contributed by atoms with Crippen LogP contribution in [0.15, 0.2) is 29.2 Å². The van der Waals surface area contributed by atoms with Gasteiger partial charge in [-0.05, 0) is 36.6 Å². The Morgan fingerprint density at radius 3 is 3.06 bits per heavy atom. The number of rotatable bonds is 1. The summed E-state index contributed by atoms with van der Waals surface area (Å²) in [6.45, 7) is 0.799. The van der Waals surface area contributed by atoms with Crippen LogP contribution >= 0.6 is 0 Å². The third-order valence-electron chi connectivity index (χ3n) is 2.82. The van der Waals surface area contributed by atoms with Crippen LogP contribution in [0, 0.1) is 0 Å². The fourth-order valence-electron chi connectivity index (χ4n) is 2.02. The van der Waals surface area contributed by atoms with E-state index in [0.29, 0.717) is 0 Å². The van der Waals surface area contributed by atoms with Crippen LogP contribution in [0.25, 0.3) is 11.3 Å². The molecule has 0 spiro atoms. The van der Waals surface area contributed by atoms with Crippen molar-refractivity contribution in [2.24, 2.45) is 0 Å². The summed E-state index contributed by atoms with van der Waals surface area (Å²) in [4.78, 5) is 16.4. The van der Waals surface area contributed by atoms with Crippen LogP contribution in [0.4, 0.5) is 0 Å². The van der Waals surface area contributed by atoms with E-state index in [0.717, 1.165) is 36.5 Å². The van der Waals surface area contributed by atoms with Crippen molar-refractivity contribution < 1.29 is 4.74 Å². The van der Waals surface area contributed by atoms with E-state index in [1.54, 1.807) is 6.20 Å². The van der Waals surface area contributed by atoms with Gasteiger partial charge in [-0.2, -0.15) is 0 Å². The molecule has 2 heterocycles. The number of benzene rings is 1. The number of ether oxygens (including phenoxy) is 1. The topological polar surface area (TPSA) is 57.9 Å². The molecule has 4 nitrogen and oxygen atoms in total. The van der Waals surface area contributed by atoms with E-state index >= 15 is 0 Å². The van der Waals surface area contributed by atoms with Crippen LogP contribution in [0.2, 0.25) is 0 Å². The largest absolute Gasteiger partial charge is 0.493 e. The van der Waals surface area contributed by atoms with Crippen LogP contribution < -0.4 is 10.4 Å². The van der Waals surface area contributed by atoms with Crippen LogP contribution in [0.1, 0.15) is 12.0 Å². The molecule has 0 amide bonds. The molecule has 1 aromatic carbocycles. The Morgan fingerprint density at radius 1 is 1.31 bits per heavy atom. The van der Waals surface area contributed by atoms with Crippen molar-refractivity contribution in [2.45, 2.75) is 12.8 Å². The molecule has 0 aliphatic carbocycles. The predicted octanol–water partition coefficient (Wildman–Crippen LogP) is 1.70. The van der Waals surface area contributed by atoms with Crippen molar-refractivity contribution in [3.05, 3.63) is 40.4 Å². The first-order chi connectivity index (χ1) is 7.83. The van der Waals surface area contributed by atoms with Gasteiger partial charge in [-0.3, -0.25) is 0 Å². The summed E-state index contributed by atoms with van der Waals surface area (Å²) in [6.07, 6.45) is 3.78. The van der Waals surface area contributed by atoms with Gasteiger partial charge in [0.15, 0.2) is 0 Å². The highest BCUT2D eigenvalue weighted by molar-refractivity contribution is 5.61. The summed E-state index contributed by atoms with van der Waals surface area (Å²) in [5.74, 6) is 0.966. The fraction of sp³-hybridized carbons (Fsp3) is 0.250. The third kappa shape index (κ3) is 1.52. The molecule has 0 saturated carbocycles. The van der Waals surface area contributed by atoms with Crippen molar-refractivity contribution in [3.63, 3.8) is 0 Å². The lowest BCUT2D eigenvalue weighted by Gasteiger charge is -2.17. The van der Waals surface area contributed by atoms with Gasteiger partial charge >= 0.3 is 5.69 Å². The summed E-state index contributed by atoms with van der Waals surface area (Å²) < 4.78 is 5.54. The number of nitrogens with one attached hydrogen (secondary N) is 2. The van der Waals surface area contributed by atoms with Gasteiger partial charge in [-0.15, -0.1) is 0 Å². The van der Waals surface area contributed by atoms with Crippen LogP contribution in [0.3, 0.4) is 0 Å². The van der Waals surface area contributed by atoms with Crippen molar-refractivity contribution in [1.29, 1.82) is 0 Å². The molecule has 4 heteroatoms. The predicted molar refractivity (Wildman–Crippen MR) is 60.7 cm³/mol. The SMILES string of the molecule is O=c1[nH]cc(-c2ccc3c(c2)CCCO3)[nH]1. The molecule has 82 valence electrons. The molecule has 1 aromatic heterocycles. The minimum atomic E-state index is -0.177. The molecule has 0 radical (unpaired) electrons. The van der Waals surface area contributed by atoms with Gasteiger partial charge < -0.3 is 14.7 Å². The zero-order valence-electron chi connectivity index (χ0n) is 8.75. The lowest BCUT2D eigenvalue weighted by atomic mass is 10.0. The monoisotopic (exact) mass is 216 g/mol. The summed E-state index contributed by atoms with van der Waals surface area (Å²) in [5, 5.41) is 0. The molecule has 0 atom stereocenters. The molecule has 0 saturated heterocycles. The minimum Gasteiger partial charge on any atom is -0.493 e. The Morgan fingerprint density at radius 2 is 2.25 bits per heavy atom. The van der Waals surface area contributed by atoms with E-state index in [1.165, 1.54) is 5.56 Å². The smallest absolute Gasteiger partial charge is 0.323 e. The Bertz CT molecular complexity index is 568. The third-order valence-corrected chi connectivity index (χ3v) is 2.82. The minimum absolute atomic E-state index is 0.177. The van der Waals surface area contributed by atoms with Crippen molar-refractivity contribution in [2.75, 3.05) is 6.61 Å². The molecule has 3 rings (SSSR count). The van der Waals surface area contributed by atoms with Gasteiger partial charge in [0.2, 0.25) is 0 Å². The molecule has 2 aromatic rings. The Kier molecular flexibility index (Phi) is 2.06. The molecular weight excluding hydrogens is 204 g/mol. The number of fused-ring (bicyclic) bond motifs is 1. The highest BCUT2D eigenvalue weighted by Crippen LogP contribution is 2.28. The first-order valence-electron chi connectivity index (χ1n) is 5.37. The summed E-state index contributed by atoms with van der Waals surface area (Å²) in [5.41, 5.74) is 2.87. The van der Waals surface area contributed by atoms with E-state index < -0.39 is 0 Å². The van der Waals surface area contributed by atoms with E-state index in [-0.39, 0.29) is 5.69 Å². The number of H-pyrrole nitrogens is 2. The lowest BCUT2D eigenvalue weighted by molar-refractivity contribution is 0.288. The molecule has 16 heavy (non-hydrogen) atoms. The molecule has 0 unspecified atom stereocenters. The number of hydrogen-bond donors (Lipinski definition) is 2. The second kappa shape index (κ2) is 3.56. The molecule has 2 N–H and O–H groups in total. The second-order valence-electron chi connectivity index (χ2n) is 3.93. The van der Waals surface area contributed by atoms with Crippen LogP contribution in [-0.4, -0.2) is 16.6 Å². The zero-order valence-corrected chi connectivity index (χ0v) is 8.75. The maximum atomic E-state index is 11.0. The van der Waals surface area contributed by atoms with Gasteiger partial charge in [-0.25, -0.2) is 4.79 Å². The molecule has 0 bridgehead atoms. The van der Waals surface area contributed by atoms with Gasteiger partial charge in [0, 0.05) is 11.8 Å². The van der Waals surface area contributed by atoms with E-state index in [1.807, 2.05) is 12.1 Å². The number of hydrogen-bond acceptors (Lipinski definition) is 2. The number of aromatic amines is 2. The maximum Gasteiger partial charge on any atom is 0.323 e. The number of imidazole rings is 1. The maximum absolute atomic E-state index is 11.0. The summed E-state index contributed by atoms with van der Waals surface area (Å²) >= 11 is 0. The quantitative estimate of drug-likeness (QED) is 0.762. The normalized spacial score (nSPS) is 14.2. The average molecular weight is 216 g/mol. The number of aromatic nitrogens is 2. The molecule has 1 aliphatic rings. The van der Waals surface area contributed by atoms with E-state index in [2.05, 4.69) is 16.0 Å². The Hall–Kier alpha value is -1.97. The highest BCUT2D eigenvalue weighted by Gasteiger charge is 2.11. The van der Waals surface area contributed by atoms with E-state index in [9.17, 15) is 4.79 Å².